The number of nitrogens with zero attached hydrogens (tertiary/aromatic N) is 3. The van der Waals surface area contributed by atoms with Gasteiger partial charge < -0.3 is 29.9 Å². The van der Waals surface area contributed by atoms with Crippen molar-refractivity contribution < 1.29 is 53.9 Å². The van der Waals surface area contributed by atoms with Crippen LogP contribution in [-0.2, 0) is 34.1 Å². The summed E-state index contributed by atoms with van der Waals surface area (Å²) in [5, 5.41) is 6.99. The Morgan fingerprint density at radius 1 is 0.883 bits per heavy atom. The average molecular weight is 1140 g/mol. The van der Waals surface area contributed by atoms with Crippen LogP contribution in [-0.4, -0.2) is 127 Å². The number of rotatable bonds is 19. The summed E-state index contributed by atoms with van der Waals surface area (Å²) in [6, 6.07) is 24.7. The van der Waals surface area contributed by atoms with Crippen LogP contribution in [0.2, 0.25) is 0 Å². The number of likely N-dealkylation sites (N-methyl/N-ethyl adjacent to an activating group) is 1. The molecule has 22 heteroatoms. The summed E-state index contributed by atoms with van der Waals surface area (Å²) in [6.45, 7) is 11.1. The van der Waals surface area contributed by atoms with E-state index < -0.39 is 70.5 Å². The Bertz CT molecular complexity index is 3020. The minimum absolute atomic E-state index is 0.0472. The lowest BCUT2D eigenvalue weighted by molar-refractivity contribution is -0.123. The van der Waals surface area contributed by atoms with E-state index >= 15 is 0 Å². The van der Waals surface area contributed by atoms with Crippen LogP contribution >= 0.6 is 23.4 Å². The van der Waals surface area contributed by atoms with Crippen molar-refractivity contribution in [2.75, 3.05) is 75.5 Å². The highest BCUT2D eigenvalue weighted by atomic mass is 35.5. The van der Waals surface area contributed by atoms with Crippen LogP contribution in [0.3, 0.4) is 0 Å². The molecule has 416 valence electrons. The number of anilines is 2. The Morgan fingerprint density at radius 2 is 1.55 bits per heavy atom. The highest BCUT2D eigenvalue weighted by molar-refractivity contribution is 7.99. The van der Waals surface area contributed by atoms with Crippen LogP contribution in [0.5, 0.6) is 0 Å². The molecule has 3 aliphatic rings. The van der Waals surface area contributed by atoms with Gasteiger partial charge in [0.05, 0.1) is 29.8 Å². The standard InChI is InChI=1S/C55H66ClF3N6O9S3/c1-37-33-40(56)17-21-45(37)46-13-9-10-14-47(46)51(61-50(66)35-63(5)53(68)74-54(2,3)4)38-23-27-65(28-24-38)42-18-15-39(16-19-42)52(67)62-77(71,72)44-20-22-48(49(34-44)76(69,70)55(57,58)59)60-41(25-26-64-29-31-73-32-30-64)36-75-43-11-7-6-8-12-43/h6-22,34,37-38,41,51,60H,23-33,35-36H2,1-5H3,(H,61,66)(H,62,67)/t37?,41-,51-/m1/s1. The predicted molar refractivity (Wildman–Crippen MR) is 294 cm³/mol. The minimum atomic E-state index is -6.11. The van der Waals surface area contributed by atoms with Crippen molar-refractivity contribution in [2.45, 2.75) is 91.3 Å². The second-order valence-corrected chi connectivity index (χ2v) is 25.6. The van der Waals surface area contributed by atoms with Crippen molar-refractivity contribution in [3.05, 3.63) is 131 Å². The summed E-state index contributed by atoms with van der Waals surface area (Å²) in [5.41, 5.74) is -3.32. The number of morpholine rings is 1. The fraction of sp³-hybridized carbons (Fsp3) is 0.436. The normalized spacial score (nSPS) is 17.8. The Balaban J connectivity index is 1.05. The number of allylic oxidation sites excluding steroid dienone is 4. The summed E-state index contributed by atoms with van der Waals surface area (Å²) in [7, 11) is -9.52. The topological polar surface area (TPSA) is 184 Å². The second kappa shape index (κ2) is 25.5. The molecule has 7 rings (SSSR count). The van der Waals surface area contributed by atoms with Gasteiger partial charge >= 0.3 is 11.6 Å². The first-order chi connectivity index (χ1) is 36.4. The van der Waals surface area contributed by atoms with Crippen LogP contribution in [0, 0.1) is 11.8 Å². The zero-order chi connectivity index (χ0) is 55.7. The van der Waals surface area contributed by atoms with E-state index in [1.807, 2.05) is 71.5 Å². The number of carbonyl (C=O) groups excluding carboxylic acids is 3. The first-order valence-electron chi connectivity index (χ1n) is 25.4. The van der Waals surface area contributed by atoms with E-state index in [1.54, 1.807) is 32.9 Å². The van der Waals surface area contributed by atoms with E-state index in [0.717, 1.165) is 44.4 Å². The lowest BCUT2D eigenvalue weighted by Gasteiger charge is -2.39. The van der Waals surface area contributed by atoms with Gasteiger partial charge in [0, 0.05) is 72.7 Å². The fourth-order valence-corrected chi connectivity index (χ4v) is 12.8. The van der Waals surface area contributed by atoms with Crippen LogP contribution in [0.1, 0.15) is 80.9 Å². The maximum atomic E-state index is 14.3. The van der Waals surface area contributed by atoms with E-state index in [4.69, 9.17) is 21.1 Å². The monoisotopic (exact) mass is 1140 g/mol. The minimum Gasteiger partial charge on any atom is -0.444 e. The van der Waals surface area contributed by atoms with Gasteiger partial charge in [-0.15, -0.1) is 11.8 Å². The van der Waals surface area contributed by atoms with Crippen LogP contribution in [0.25, 0.3) is 5.57 Å². The highest BCUT2D eigenvalue weighted by Gasteiger charge is 2.48. The lowest BCUT2D eigenvalue weighted by Crippen LogP contribution is -2.45. The number of thioether (sulfide) groups is 1. The van der Waals surface area contributed by atoms with Crippen LogP contribution in [0.15, 0.2) is 129 Å². The van der Waals surface area contributed by atoms with Crippen molar-refractivity contribution in [2.24, 2.45) is 11.8 Å². The third-order valence-corrected chi connectivity index (χ3v) is 17.8. The zero-order valence-corrected chi connectivity index (χ0v) is 46.9. The molecule has 0 radical (unpaired) electrons. The van der Waals surface area contributed by atoms with Crippen molar-refractivity contribution in [3.63, 3.8) is 0 Å². The Morgan fingerprint density at radius 3 is 2.19 bits per heavy atom. The molecule has 2 aliphatic heterocycles. The number of sulfonamides is 1. The van der Waals surface area contributed by atoms with Crippen molar-refractivity contribution in [1.29, 1.82) is 0 Å². The molecule has 2 saturated heterocycles. The SMILES string of the molecule is CC1CC(Cl)=CC=C1c1ccccc1[C@H](NC(=O)CN(C)C(=O)OC(C)(C)C)C1CCN(c2ccc(C(=O)NS(=O)(=O)c3ccc(N[C@H](CCN4CCOCC4)CSc4ccccc4)c(S(=O)(=O)C(F)(F)F)c3)cc2)CC1. The number of carbonyl (C=O) groups is 3. The zero-order valence-electron chi connectivity index (χ0n) is 43.6. The molecular weight excluding hydrogens is 1080 g/mol. The first-order valence-corrected chi connectivity index (χ1v) is 29.7. The number of amides is 3. The van der Waals surface area contributed by atoms with Gasteiger partial charge in [-0.25, -0.2) is 26.4 Å². The summed E-state index contributed by atoms with van der Waals surface area (Å²) in [6.07, 6.45) is 5.62. The van der Waals surface area contributed by atoms with E-state index in [2.05, 4.69) is 27.4 Å². The molecule has 4 aromatic carbocycles. The molecule has 1 unspecified atom stereocenters. The van der Waals surface area contributed by atoms with E-state index in [0.29, 0.717) is 83.4 Å². The molecule has 2 heterocycles. The highest BCUT2D eigenvalue weighted by Crippen LogP contribution is 2.41. The van der Waals surface area contributed by atoms with Gasteiger partial charge in [0.2, 0.25) is 5.91 Å². The van der Waals surface area contributed by atoms with Crippen molar-refractivity contribution in [1.82, 2.24) is 19.8 Å². The summed E-state index contributed by atoms with van der Waals surface area (Å²) in [4.78, 5) is 44.4. The summed E-state index contributed by atoms with van der Waals surface area (Å²) >= 11 is 7.84. The van der Waals surface area contributed by atoms with E-state index in [9.17, 15) is 44.4 Å². The Kier molecular flexibility index (Phi) is 19.5. The average Bonchev–Trinajstić information content (AvgIpc) is 3.40. The van der Waals surface area contributed by atoms with Crippen LogP contribution in [0.4, 0.5) is 29.3 Å². The van der Waals surface area contributed by atoms with Gasteiger partial charge in [-0.3, -0.25) is 14.5 Å². The van der Waals surface area contributed by atoms with Crippen molar-refractivity contribution >= 4 is 78.1 Å². The number of sulfone groups is 1. The molecule has 77 heavy (non-hydrogen) atoms. The van der Waals surface area contributed by atoms with Gasteiger partial charge in [-0.05, 0) is 136 Å². The number of hydrogen-bond acceptors (Lipinski definition) is 13. The van der Waals surface area contributed by atoms with Crippen molar-refractivity contribution in [3.8, 4) is 0 Å². The van der Waals surface area contributed by atoms with E-state index in [-0.39, 0.29) is 29.9 Å². The Labute approximate surface area is 458 Å². The summed E-state index contributed by atoms with van der Waals surface area (Å²) in [5.74, 6) is -1.04. The molecule has 1 aliphatic carbocycles. The Hall–Kier alpha value is -5.58. The largest absolute Gasteiger partial charge is 0.501 e. The maximum Gasteiger partial charge on any atom is 0.501 e. The number of alkyl halides is 3. The number of benzene rings is 4. The van der Waals surface area contributed by atoms with Crippen LogP contribution < -0.4 is 20.3 Å². The van der Waals surface area contributed by atoms with E-state index in [1.165, 1.54) is 35.8 Å². The molecule has 0 saturated carbocycles. The second-order valence-electron chi connectivity index (χ2n) is 20.4. The number of halogens is 4. The molecule has 3 atom stereocenters. The van der Waals surface area contributed by atoms with Gasteiger partial charge in [0.25, 0.3) is 25.8 Å². The van der Waals surface area contributed by atoms with Gasteiger partial charge in [0.1, 0.15) is 17.0 Å². The molecule has 0 spiro atoms. The smallest absolute Gasteiger partial charge is 0.444 e. The van der Waals surface area contributed by atoms with Gasteiger partial charge in [0.15, 0.2) is 0 Å². The number of nitrogens with one attached hydrogen (secondary N) is 3. The number of ether oxygens (including phenoxy) is 2. The molecule has 3 amide bonds. The molecule has 3 N–H and O–H groups in total. The molecule has 15 nitrogen and oxygen atoms in total. The molecule has 0 bridgehead atoms. The third-order valence-electron chi connectivity index (χ3n) is 13.5. The first kappa shape index (κ1) is 59.1. The third kappa shape index (κ3) is 15.8. The van der Waals surface area contributed by atoms with Gasteiger partial charge in [-0.1, -0.05) is 67.1 Å². The lowest BCUT2D eigenvalue weighted by atomic mass is 9.79. The summed E-state index contributed by atoms with van der Waals surface area (Å²) < 4.78 is 109. The quantitative estimate of drug-likeness (QED) is 0.0755. The molecule has 2 fully saturated rings. The predicted octanol–water partition coefficient (Wildman–Crippen LogP) is 9.88. The number of hydrogen-bond donors (Lipinski definition) is 3. The molecule has 4 aromatic rings. The molecular formula is C55H66ClF3N6O9S3. The van der Waals surface area contributed by atoms with Gasteiger partial charge in [-0.2, -0.15) is 13.2 Å². The maximum absolute atomic E-state index is 14.3. The number of piperidine rings is 1. The molecule has 0 aromatic heterocycles. The fourth-order valence-electron chi connectivity index (χ4n) is 9.47.